The molecule has 0 spiro atoms. The number of aliphatic hydroxyl groups is 1. The van der Waals surface area contributed by atoms with Crippen LogP contribution in [0.5, 0.6) is 23.0 Å². The van der Waals surface area contributed by atoms with E-state index in [-0.39, 0.29) is 0 Å². The SMILES string of the molecule is COc1ccc(CN2CCN(CC(O)COc3ccccc3C)CC2)c(OC)c1OC. The van der Waals surface area contributed by atoms with E-state index in [1.807, 2.05) is 43.3 Å². The summed E-state index contributed by atoms with van der Waals surface area (Å²) >= 11 is 0. The first-order valence-electron chi connectivity index (χ1n) is 10.6. The highest BCUT2D eigenvalue weighted by Gasteiger charge is 2.22. The zero-order valence-electron chi connectivity index (χ0n) is 19.0. The first-order chi connectivity index (χ1) is 15.0. The van der Waals surface area contributed by atoms with Gasteiger partial charge in [0.05, 0.1) is 21.3 Å². The lowest BCUT2D eigenvalue weighted by Gasteiger charge is -2.35. The molecule has 1 aliphatic heterocycles. The quantitative estimate of drug-likeness (QED) is 0.622. The normalized spacial score (nSPS) is 16.0. The summed E-state index contributed by atoms with van der Waals surface area (Å²) in [5.74, 6) is 2.83. The van der Waals surface area contributed by atoms with Crippen molar-refractivity contribution in [1.29, 1.82) is 0 Å². The zero-order chi connectivity index (χ0) is 22.2. The Hall–Kier alpha value is -2.48. The number of ether oxygens (including phenoxy) is 4. The summed E-state index contributed by atoms with van der Waals surface area (Å²) in [6.07, 6.45) is -0.517. The van der Waals surface area contributed by atoms with Gasteiger partial charge in [0.1, 0.15) is 18.5 Å². The van der Waals surface area contributed by atoms with Crippen LogP contribution in [0, 0.1) is 6.92 Å². The Balaban J connectivity index is 1.48. The molecule has 1 atom stereocenters. The van der Waals surface area contributed by atoms with Crippen LogP contribution in [-0.4, -0.2) is 81.7 Å². The second-order valence-electron chi connectivity index (χ2n) is 7.80. The molecule has 7 nitrogen and oxygen atoms in total. The summed E-state index contributed by atoms with van der Waals surface area (Å²) in [6.45, 7) is 7.33. The lowest BCUT2D eigenvalue weighted by Crippen LogP contribution is -2.48. The Kier molecular flexibility index (Phi) is 8.40. The van der Waals surface area contributed by atoms with Gasteiger partial charge < -0.3 is 24.1 Å². The fourth-order valence-electron chi connectivity index (χ4n) is 3.91. The molecule has 1 aliphatic rings. The highest BCUT2D eigenvalue weighted by atomic mass is 16.5. The monoisotopic (exact) mass is 430 g/mol. The third kappa shape index (κ3) is 6.03. The topological polar surface area (TPSA) is 63.6 Å². The van der Waals surface area contributed by atoms with Crippen molar-refractivity contribution in [2.75, 3.05) is 60.7 Å². The lowest BCUT2D eigenvalue weighted by molar-refractivity contribution is 0.0443. The number of rotatable bonds is 10. The molecular weight excluding hydrogens is 396 g/mol. The van der Waals surface area contributed by atoms with Crippen molar-refractivity contribution >= 4 is 0 Å². The summed E-state index contributed by atoms with van der Waals surface area (Å²) in [6, 6.07) is 11.8. The molecule has 3 rings (SSSR count). The lowest BCUT2D eigenvalue weighted by atomic mass is 10.1. The summed E-state index contributed by atoms with van der Waals surface area (Å²) in [7, 11) is 4.90. The van der Waals surface area contributed by atoms with Crippen LogP contribution in [0.4, 0.5) is 0 Å². The minimum Gasteiger partial charge on any atom is -0.493 e. The van der Waals surface area contributed by atoms with Crippen molar-refractivity contribution in [1.82, 2.24) is 9.80 Å². The van der Waals surface area contributed by atoms with E-state index in [1.165, 1.54) is 0 Å². The third-order valence-corrected chi connectivity index (χ3v) is 5.64. The predicted molar refractivity (Wildman–Crippen MR) is 120 cm³/mol. The van der Waals surface area contributed by atoms with Crippen LogP contribution in [0.25, 0.3) is 0 Å². The first-order valence-corrected chi connectivity index (χ1v) is 10.6. The molecular formula is C24H34N2O5. The molecule has 7 heteroatoms. The Labute approximate surface area is 185 Å². The molecule has 1 saturated heterocycles. The minimum atomic E-state index is -0.517. The summed E-state index contributed by atoms with van der Waals surface area (Å²) in [4.78, 5) is 4.67. The largest absolute Gasteiger partial charge is 0.493 e. The number of nitrogens with zero attached hydrogens (tertiary/aromatic N) is 2. The van der Waals surface area contributed by atoms with Gasteiger partial charge in [-0.05, 0) is 24.6 Å². The summed E-state index contributed by atoms with van der Waals surface area (Å²) in [5, 5.41) is 10.4. The van der Waals surface area contributed by atoms with E-state index in [1.54, 1.807) is 21.3 Å². The van der Waals surface area contributed by atoms with Crippen LogP contribution < -0.4 is 18.9 Å². The van der Waals surface area contributed by atoms with E-state index in [4.69, 9.17) is 18.9 Å². The van der Waals surface area contributed by atoms with Crippen molar-refractivity contribution in [3.05, 3.63) is 47.5 Å². The number of hydrogen-bond donors (Lipinski definition) is 1. The van der Waals surface area contributed by atoms with Crippen molar-refractivity contribution in [3.8, 4) is 23.0 Å². The van der Waals surface area contributed by atoms with Crippen molar-refractivity contribution in [3.63, 3.8) is 0 Å². The van der Waals surface area contributed by atoms with Gasteiger partial charge in [0.25, 0.3) is 0 Å². The number of methoxy groups -OCH3 is 3. The number of hydrogen-bond acceptors (Lipinski definition) is 7. The molecule has 0 aromatic heterocycles. The molecule has 1 unspecified atom stereocenters. The fourth-order valence-corrected chi connectivity index (χ4v) is 3.91. The molecule has 2 aromatic carbocycles. The number of aryl methyl sites for hydroxylation is 1. The second kappa shape index (κ2) is 11.2. The average molecular weight is 431 g/mol. The third-order valence-electron chi connectivity index (χ3n) is 5.64. The Morgan fingerprint density at radius 1 is 0.839 bits per heavy atom. The Bertz CT molecular complexity index is 837. The van der Waals surface area contributed by atoms with Gasteiger partial charge in [0, 0.05) is 44.8 Å². The van der Waals surface area contributed by atoms with Crippen molar-refractivity contribution in [2.45, 2.75) is 19.6 Å². The molecule has 1 fully saturated rings. The molecule has 1 heterocycles. The maximum absolute atomic E-state index is 10.4. The maximum Gasteiger partial charge on any atom is 0.203 e. The van der Waals surface area contributed by atoms with E-state index in [9.17, 15) is 5.11 Å². The van der Waals surface area contributed by atoms with Crippen LogP contribution in [0.1, 0.15) is 11.1 Å². The number of aliphatic hydroxyl groups excluding tert-OH is 1. The first kappa shape index (κ1) is 23.2. The maximum atomic E-state index is 10.4. The highest BCUT2D eigenvalue weighted by molar-refractivity contribution is 5.55. The van der Waals surface area contributed by atoms with Gasteiger partial charge in [-0.2, -0.15) is 0 Å². The van der Waals surface area contributed by atoms with Crippen molar-refractivity contribution in [2.24, 2.45) is 0 Å². The number of para-hydroxylation sites is 1. The van der Waals surface area contributed by atoms with Crippen LogP contribution in [-0.2, 0) is 6.54 Å². The minimum absolute atomic E-state index is 0.300. The van der Waals surface area contributed by atoms with E-state index < -0.39 is 6.10 Å². The van der Waals surface area contributed by atoms with E-state index in [0.29, 0.717) is 30.4 Å². The van der Waals surface area contributed by atoms with Gasteiger partial charge >= 0.3 is 0 Å². The Morgan fingerprint density at radius 3 is 2.16 bits per heavy atom. The van der Waals surface area contributed by atoms with E-state index >= 15 is 0 Å². The molecule has 2 aromatic rings. The molecule has 0 radical (unpaired) electrons. The predicted octanol–water partition coefficient (Wildman–Crippen LogP) is 2.58. The smallest absolute Gasteiger partial charge is 0.203 e. The zero-order valence-corrected chi connectivity index (χ0v) is 19.0. The number of β-amino-alcohol motifs (C(OH)–C–C–N with tert-alkyl or cyclic N) is 1. The molecule has 170 valence electrons. The van der Waals surface area contributed by atoms with Gasteiger partial charge in [-0.25, -0.2) is 0 Å². The molecule has 0 bridgehead atoms. The fraction of sp³-hybridized carbons (Fsp3) is 0.500. The standard InChI is InChI=1S/C24H34N2O5/c1-18-7-5-6-8-21(18)31-17-20(27)16-26-13-11-25(12-14-26)15-19-9-10-22(28-2)24(30-4)23(19)29-3/h5-10,20,27H,11-17H2,1-4H3. The van der Waals surface area contributed by atoms with Gasteiger partial charge in [-0.15, -0.1) is 0 Å². The molecule has 0 amide bonds. The van der Waals surface area contributed by atoms with Gasteiger partial charge in [-0.1, -0.05) is 24.3 Å². The van der Waals surface area contributed by atoms with Crippen LogP contribution >= 0.6 is 0 Å². The second-order valence-corrected chi connectivity index (χ2v) is 7.80. The molecule has 0 saturated carbocycles. The highest BCUT2D eigenvalue weighted by Crippen LogP contribution is 2.40. The van der Waals surface area contributed by atoms with E-state index in [0.717, 1.165) is 49.6 Å². The number of piperazine rings is 1. The number of benzene rings is 2. The van der Waals surface area contributed by atoms with E-state index in [2.05, 4.69) is 9.80 Å². The van der Waals surface area contributed by atoms with Crippen LogP contribution in [0.15, 0.2) is 36.4 Å². The summed E-state index contributed by atoms with van der Waals surface area (Å²) in [5.41, 5.74) is 2.15. The van der Waals surface area contributed by atoms with Crippen LogP contribution in [0.3, 0.4) is 0 Å². The Morgan fingerprint density at radius 2 is 1.52 bits per heavy atom. The average Bonchev–Trinajstić information content (AvgIpc) is 2.79. The molecule has 0 aliphatic carbocycles. The van der Waals surface area contributed by atoms with Crippen molar-refractivity contribution < 1.29 is 24.1 Å². The summed E-state index contributed by atoms with van der Waals surface area (Å²) < 4.78 is 22.3. The van der Waals surface area contributed by atoms with Gasteiger partial charge in [0.2, 0.25) is 5.75 Å². The molecule has 31 heavy (non-hydrogen) atoms. The van der Waals surface area contributed by atoms with Gasteiger partial charge in [0.15, 0.2) is 11.5 Å². The molecule has 1 N–H and O–H groups in total. The van der Waals surface area contributed by atoms with Crippen LogP contribution in [0.2, 0.25) is 0 Å². The van der Waals surface area contributed by atoms with Gasteiger partial charge in [-0.3, -0.25) is 9.80 Å².